The monoisotopic (exact) mass is 228 g/mol. The minimum absolute atomic E-state index is 0.256. The lowest BCUT2D eigenvalue weighted by molar-refractivity contribution is -0.136. The summed E-state index contributed by atoms with van der Waals surface area (Å²) in [5.74, 6) is 0.466. The second kappa shape index (κ2) is 9.40. The SMILES string of the molecule is CCC(=CCOCCCC(C)C)C(=O)OC. The predicted molar refractivity (Wildman–Crippen MR) is 65.3 cm³/mol. The van der Waals surface area contributed by atoms with Gasteiger partial charge in [-0.3, -0.25) is 0 Å². The van der Waals surface area contributed by atoms with Gasteiger partial charge in [0.05, 0.1) is 13.7 Å². The van der Waals surface area contributed by atoms with E-state index in [0.29, 0.717) is 18.6 Å². The van der Waals surface area contributed by atoms with Gasteiger partial charge in [0.1, 0.15) is 0 Å². The molecule has 0 atom stereocenters. The van der Waals surface area contributed by atoms with Crippen LogP contribution >= 0.6 is 0 Å². The lowest BCUT2D eigenvalue weighted by Gasteiger charge is -2.05. The fourth-order valence-electron chi connectivity index (χ4n) is 1.34. The molecule has 3 heteroatoms. The third kappa shape index (κ3) is 7.46. The highest BCUT2D eigenvalue weighted by Crippen LogP contribution is 2.05. The molecule has 3 nitrogen and oxygen atoms in total. The molecule has 0 aromatic rings. The van der Waals surface area contributed by atoms with E-state index in [1.165, 1.54) is 13.5 Å². The Morgan fingerprint density at radius 3 is 2.56 bits per heavy atom. The molecule has 0 rings (SSSR count). The number of hydrogen-bond acceptors (Lipinski definition) is 3. The Bertz CT molecular complexity index is 219. The van der Waals surface area contributed by atoms with Crippen molar-refractivity contribution >= 4 is 5.97 Å². The van der Waals surface area contributed by atoms with Crippen molar-refractivity contribution in [1.82, 2.24) is 0 Å². The molecule has 0 bridgehead atoms. The molecule has 0 unspecified atom stereocenters. The van der Waals surface area contributed by atoms with Gasteiger partial charge in [-0.2, -0.15) is 0 Å². The molecule has 0 radical (unpaired) electrons. The van der Waals surface area contributed by atoms with Crippen LogP contribution in [0.15, 0.2) is 11.6 Å². The maximum absolute atomic E-state index is 11.2. The Labute approximate surface area is 98.8 Å². The summed E-state index contributed by atoms with van der Waals surface area (Å²) in [6.07, 6.45) is 4.75. The molecule has 0 aromatic carbocycles. The molecule has 0 saturated carbocycles. The number of methoxy groups -OCH3 is 1. The van der Waals surface area contributed by atoms with Crippen molar-refractivity contribution in [2.24, 2.45) is 5.92 Å². The number of rotatable bonds is 8. The second-order valence-corrected chi connectivity index (χ2v) is 4.19. The average molecular weight is 228 g/mol. The third-order valence-electron chi connectivity index (χ3n) is 2.35. The largest absolute Gasteiger partial charge is 0.466 e. The van der Waals surface area contributed by atoms with Crippen LogP contribution in [0.2, 0.25) is 0 Å². The topological polar surface area (TPSA) is 35.5 Å². The van der Waals surface area contributed by atoms with E-state index in [1.807, 2.05) is 6.92 Å². The Morgan fingerprint density at radius 2 is 2.06 bits per heavy atom. The number of carbonyl (C=O) groups is 1. The molecular weight excluding hydrogens is 204 g/mol. The van der Waals surface area contributed by atoms with E-state index in [1.54, 1.807) is 6.08 Å². The predicted octanol–water partition coefficient (Wildman–Crippen LogP) is 2.95. The van der Waals surface area contributed by atoms with Gasteiger partial charge >= 0.3 is 5.97 Å². The Hall–Kier alpha value is -0.830. The normalized spacial score (nSPS) is 11.9. The zero-order valence-electron chi connectivity index (χ0n) is 10.9. The van der Waals surface area contributed by atoms with Crippen LogP contribution in [0, 0.1) is 5.92 Å². The van der Waals surface area contributed by atoms with Crippen molar-refractivity contribution < 1.29 is 14.3 Å². The van der Waals surface area contributed by atoms with Crippen LogP contribution < -0.4 is 0 Å². The smallest absolute Gasteiger partial charge is 0.333 e. The summed E-state index contributed by atoms with van der Waals surface area (Å²) in [6.45, 7) is 7.59. The van der Waals surface area contributed by atoms with Crippen LogP contribution in [-0.4, -0.2) is 26.3 Å². The van der Waals surface area contributed by atoms with Gasteiger partial charge in [-0.05, 0) is 31.3 Å². The van der Waals surface area contributed by atoms with Gasteiger partial charge in [0.2, 0.25) is 0 Å². The number of carbonyl (C=O) groups excluding carboxylic acids is 1. The number of esters is 1. The van der Waals surface area contributed by atoms with Crippen molar-refractivity contribution in [2.45, 2.75) is 40.0 Å². The maximum Gasteiger partial charge on any atom is 0.333 e. The fourth-order valence-corrected chi connectivity index (χ4v) is 1.34. The first kappa shape index (κ1) is 15.2. The summed E-state index contributed by atoms with van der Waals surface area (Å²) >= 11 is 0. The third-order valence-corrected chi connectivity index (χ3v) is 2.35. The summed E-state index contributed by atoms with van der Waals surface area (Å²) < 4.78 is 10.1. The molecular formula is C13H24O3. The van der Waals surface area contributed by atoms with E-state index in [9.17, 15) is 4.79 Å². The van der Waals surface area contributed by atoms with Gasteiger partial charge in [-0.1, -0.05) is 20.8 Å². The van der Waals surface area contributed by atoms with Crippen LogP contribution in [-0.2, 0) is 14.3 Å². The van der Waals surface area contributed by atoms with Gasteiger partial charge in [0.25, 0.3) is 0 Å². The molecule has 0 spiro atoms. The summed E-state index contributed by atoms with van der Waals surface area (Å²) in [7, 11) is 1.40. The van der Waals surface area contributed by atoms with Crippen molar-refractivity contribution in [3.63, 3.8) is 0 Å². The highest BCUT2D eigenvalue weighted by Gasteiger charge is 2.05. The van der Waals surface area contributed by atoms with Crippen molar-refractivity contribution in [2.75, 3.05) is 20.3 Å². The van der Waals surface area contributed by atoms with E-state index < -0.39 is 0 Å². The first-order chi connectivity index (χ1) is 7.61. The zero-order valence-corrected chi connectivity index (χ0v) is 10.9. The second-order valence-electron chi connectivity index (χ2n) is 4.19. The molecule has 94 valence electrons. The highest BCUT2D eigenvalue weighted by atomic mass is 16.5. The Morgan fingerprint density at radius 1 is 1.38 bits per heavy atom. The van der Waals surface area contributed by atoms with Gasteiger partial charge in [-0.25, -0.2) is 4.79 Å². The van der Waals surface area contributed by atoms with Gasteiger partial charge < -0.3 is 9.47 Å². The molecule has 0 aliphatic heterocycles. The Balaban J connectivity index is 3.68. The fraction of sp³-hybridized carbons (Fsp3) is 0.769. The molecule has 16 heavy (non-hydrogen) atoms. The van der Waals surface area contributed by atoms with Gasteiger partial charge in [0.15, 0.2) is 0 Å². The minimum Gasteiger partial charge on any atom is -0.466 e. The molecule has 0 fully saturated rings. The van der Waals surface area contributed by atoms with Crippen molar-refractivity contribution in [3.05, 3.63) is 11.6 Å². The molecule has 0 N–H and O–H groups in total. The van der Waals surface area contributed by atoms with E-state index in [2.05, 4.69) is 18.6 Å². The summed E-state index contributed by atoms with van der Waals surface area (Å²) in [5.41, 5.74) is 0.686. The van der Waals surface area contributed by atoms with Crippen LogP contribution in [0.5, 0.6) is 0 Å². The van der Waals surface area contributed by atoms with Gasteiger partial charge in [0, 0.05) is 12.2 Å². The van der Waals surface area contributed by atoms with Crippen molar-refractivity contribution in [3.8, 4) is 0 Å². The zero-order chi connectivity index (χ0) is 12.4. The molecule has 0 aliphatic carbocycles. The van der Waals surface area contributed by atoms with Gasteiger partial charge in [-0.15, -0.1) is 0 Å². The molecule has 0 saturated heterocycles. The number of hydrogen-bond donors (Lipinski definition) is 0. The molecule has 0 amide bonds. The summed E-state index contributed by atoms with van der Waals surface area (Å²) in [4.78, 5) is 11.2. The molecule has 0 aromatic heterocycles. The summed E-state index contributed by atoms with van der Waals surface area (Å²) in [5, 5.41) is 0. The lowest BCUT2D eigenvalue weighted by Crippen LogP contribution is -2.05. The van der Waals surface area contributed by atoms with E-state index >= 15 is 0 Å². The number of ether oxygens (including phenoxy) is 2. The maximum atomic E-state index is 11.2. The molecule has 0 aliphatic rings. The first-order valence-corrected chi connectivity index (χ1v) is 5.96. The first-order valence-electron chi connectivity index (χ1n) is 5.96. The van der Waals surface area contributed by atoms with Crippen LogP contribution in [0.3, 0.4) is 0 Å². The summed E-state index contributed by atoms with van der Waals surface area (Å²) in [6, 6.07) is 0. The van der Waals surface area contributed by atoms with E-state index in [4.69, 9.17) is 4.74 Å². The molecule has 0 heterocycles. The van der Waals surface area contributed by atoms with E-state index in [0.717, 1.165) is 18.9 Å². The minimum atomic E-state index is -0.256. The van der Waals surface area contributed by atoms with E-state index in [-0.39, 0.29) is 5.97 Å². The standard InChI is InChI=1S/C13H24O3/c1-5-12(13(14)15-4)8-10-16-9-6-7-11(2)3/h8,11H,5-7,9-10H2,1-4H3. The average Bonchev–Trinajstić information content (AvgIpc) is 2.27. The van der Waals surface area contributed by atoms with Crippen molar-refractivity contribution in [1.29, 1.82) is 0 Å². The Kier molecular flexibility index (Phi) is 8.91. The lowest BCUT2D eigenvalue weighted by atomic mass is 10.1. The highest BCUT2D eigenvalue weighted by molar-refractivity contribution is 5.88. The van der Waals surface area contributed by atoms with Crippen LogP contribution in [0.1, 0.15) is 40.0 Å². The quantitative estimate of drug-likeness (QED) is 0.364. The van der Waals surface area contributed by atoms with Crippen LogP contribution in [0.25, 0.3) is 0 Å². The van der Waals surface area contributed by atoms with Crippen LogP contribution in [0.4, 0.5) is 0 Å².